The predicted octanol–water partition coefficient (Wildman–Crippen LogP) is 0.0505. The van der Waals surface area contributed by atoms with E-state index in [0.29, 0.717) is 18.0 Å². The highest BCUT2D eigenvalue weighted by molar-refractivity contribution is 5.97. The summed E-state index contributed by atoms with van der Waals surface area (Å²) in [5.41, 5.74) is 7.48. The van der Waals surface area contributed by atoms with Crippen LogP contribution >= 0.6 is 0 Å². The molecule has 0 spiro atoms. The molecule has 2 rings (SSSR count). The number of nitrogens with two attached hydrogens (primary N) is 1. The fraction of sp³-hybridized carbons (Fsp3) is 0.462. The molecule has 1 aromatic carbocycles. The van der Waals surface area contributed by atoms with Gasteiger partial charge in [-0.15, -0.1) is 0 Å². The number of amides is 1. The molecule has 0 saturated heterocycles. The van der Waals surface area contributed by atoms with E-state index in [4.69, 9.17) is 20.3 Å². The third-order valence-electron chi connectivity index (χ3n) is 3.02. The van der Waals surface area contributed by atoms with Gasteiger partial charge in [-0.1, -0.05) is 6.07 Å². The number of aliphatic hydroxyl groups excluding tert-OH is 1. The SMILES string of the molecule is COCC(N)c1ccc2c(c1)N(CCO)C(=O)CO2. The van der Waals surface area contributed by atoms with E-state index in [9.17, 15) is 4.79 Å². The van der Waals surface area contributed by atoms with Gasteiger partial charge in [0.25, 0.3) is 5.91 Å². The van der Waals surface area contributed by atoms with Gasteiger partial charge in [0.05, 0.1) is 24.9 Å². The number of fused-ring (bicyclic) bond motifs is 1. The lowest BCUT2D eigenvalue weighted by Crippen LogP contribution is -2.40. The molecule has 104 valence electrons. The van der Waals surface area contributed by atoms with E-state index in [0.717, 1.165) is 5.56 Å². The molecule has 1 aromatic rings. The van der Waals surface area contributed by atoms with Crippen molar-refractivity contribution in [3.05, 3.63) is 23.8 Å². The van der Waals surface area contributed by atoms with Crippen molar-refractivity contribution >= 4 is 11.6 Å². The quantitative estimate of drug-likeness (QED) is 0.786. The minimum atomic E-state index is -0.261. The largest absolute Gasteiger partial charge is 0.482 e. The van der Waals surface area contributed by atoms with Crippen LogP contribution in [0.25, 0.3) is 0 Å². The van der Waals surface area contributed by atoms with E-state index in [1.807, 2.05) is 12.1 Å². The lowest BCUT2D eigenvalue weighted by atomic mass is 10.1. The van der Waals surface area contributed by atoms with Gasteiger partial charge in [0.2, 0.25) is 0 Å². The second-order valence-electron chi connectivity index (χ2n) is 4.35. The zero-order chi connectivity index (χ0) is 13.8. The summed E-state index contributed by atoms with van der Waals surface area (Å²) in [6, 6.07) is 5.20. The van der Waals surface area contributed by atoms with Crippen LogP contribution in [-0.4, -0.2) is 44.5 Å². The topological polar surface area (TPSA) is 85.0 Å². The third kappa shape index (κ3) is 2.86. The summed E-state index contributed by atoms with van der Waals surface area (Å²) >= 11 is 0. The number of ether oxygens (including phenoxy) is 2. The van der Waals surface area contributed by atoms with E-state index >= 15 is 0 Å². The smallest absolute Gasteiger partial charge is 0.265 e. The first kappa shape index (κ1) is 13.8. The first-order valence-corrected chi connectivity index (χ1v) is 6.10. The van der Waals surface area contributed by atoms with Crippen molar-refractivity contribution in [2.75, 3.05) is 38.4 Å². The van der Waals surface area contributed by atoms with Crippen LogP contribution in [0.4, 0.5) is 5.69 Å². The predicted molar refractivity (Wildman–Crippen MR) is 70.2 cm³/mol. The van der Waals surface area contributed by atoms with Gasteiger partial charge >= 0.3 is 0 Å². The third-order valence-corrected chi connectivity index (χ3v) is 3.02. The second-order valence-corrected chi connectivity index (χ2v) is 4.35. The minimum Gasteiger partial charge on any atom is -0.482 e. The normalized spacial score (nSPS) is 15.9. The van der Waals surface area contributed by atoms with Crippen LogP contribution in [0.1, 0.15) is 11.6 Å². The maximum absolute atomic E-state index is 11.8. The van der Waals surface area contributed by atoms with Crippen molar-refractivity contribution in [3.8, 4) is 5.75 Å². The maximum Gasteiger partial charge on any atom is 0.265 e. The van der Waals surface area contributed by atoms with Gasteiger partial charge < -0.3 is 25.2 Å². The molecule has 0 fully saturated rings. The highest BCUT2D eigenvalue weighted by atomic mass is 16.5. The lowest BCUT2D eigenvalue weighted by molar-refractivity contribution is -0.121. The maximum atomic E-state index is 11.8. The molecule has 0 radical (unpaired) electrons. The summed E-state index contributed by atoms with van der Waals surface area (Å²) in [5.74, 6) is 0.459. The summed E-state index contributed by atoms with van der Waals surface area (Å²) in [6.07, 6.45) is 0. The lowest BCUT2D eigenvalue weighted by Gasteiger charge is -2.29. The zero-order valence-corrected chi connectivity index (χ0v) is 10.8. The van der Waals surface area contributed by atoms with Crippen molar-refractivity contribution in [3.63, 3.8) is 0 Å². The number of rotatable bonds is 5. The van der Waals surface area contributed by atoms with Crippen LogP contribution in [0.3, 0.4) is 0 Å². The molecular formula is C13H18N2O4. The Morgan fingerprint density at radius 1 is 1.58 bits per heavy atom. The standard InChI is InChI=1S/C13H18N2O4/c1-18-7-10(14)9-2-3-12-11(6-9)15(4-5-16)13(17)8-19-12/h2-3,6,10,16H,4-5,7-8,14H2,1H3. The fourth-order valence-electron chi connectivity index (χ4n) is 2.07. The van der Waals surface area contributed by atoms with Crippen LogP contribution in [0.2, 0.25) is 0 Å². The molecule has 0 bridgehead atoms. The van der Waals surface area contributed by atoms with Crippen molar-refractivity contribution < 1.29 is 19.4 Å². The van der Waals surface area contributed by atoms with E-state index in [2.05, 4.69) is 0 Å². The van der Waals surface area contributed by atoms with E-state index in [1.165, 1.54) is 4.90 Å². The molecule has 1 heterocycles. The van der Waals surface area contributed by atoms with Crippen molar-refractivity contribution in [1.82, 2.24) is 0 Å². The summed E-state index contributed by atoms with van der Waals surface area (Å²) in [4.78, 5) is 13.3. The Morgan fingerprint density at radius 2 is 2.37 bits per heavy atom. The van der Waals surface area contributed by atoms with Crippen LogP contribution in [0.5, 0.6) is 5.75 Å². The van der Waals surface area contributed by atoms with Crippen molar-refractivity contribution in [2.24, 2.45) is 5.73 Å². The molecule has 6 nitrogen and oxygen atoms in total. The molecule has 1 aliphatic rings. The highest BCUT2D eigenvalue weighted by Crippen LogP contribution is 2.34. The molecule has 1 atom stereocenters. The Balaban J connectivity index is 2.32. The minimum absolute atomic E-state index is 0.00350. The van der Waals surface area contributed by atoms with E-state index < -0.39 is 0 Å². The number of anilines is 1. The van der Waals surface area contributed by atoms with Crippen molar-refractivity contribution in [1.29, 1.82) is 0 Å². The number of hydrogen-bond acceptors (Lipinski definition) is 5. The Hall–Kier alpha value is -1.63. The number of nitrogens with zero attached hydrogens (tertiary/aromatic N) is 1. The summed E-state index contributed by atoms with van der Waals surface area (Å²) in [7, 11) is 1.59. The first-order valence-electron chi connectivity index (χ1n) is 6.10. The average Bonchev–Trinajstić information content (AvgIpc) is 2.42. The molecule has 0 saturated carbocycles. The van der Waals surface area contributed by atoms with Crippen LogP contribution in [0.15, 0.2) is 18.2 Å². The van der Waals surface area contributed by atoms with Gasteiger partial charge in [-0.3, -0.25) is 4.79 Å². The summed E-state index contributed by atoms with van der Waals surface area (Å²) in [5, 5.41) is 9.05. The van der Waals surface area contributed by atoms with E-state index in [1.54, 1.807) is 13.2 Å². The Morgan fingerprint density at radius 3 is 3.05 bits per heavy atom. The van der Waals surface area contributed by atoms with Crippen LogP contribution in [-0.2, 0) is 9.53 Å². The van der Waals surface area contributed by atoms with Gasteiger partial charge in [-0.2, -0.15) is 0 Å². The molecule has 19 heavy (non-hydrogen) atoms. The van der Waals surface area contributed by atoms with Gasteiger partial charge in [0, 0.05) is 13.7 Å². The molecular weight excluding hydrogens is 248 g/mol. The van der Waals surface area contributed by atoms with Crippen LogP contribution < -0.4 is 15.4 Å². The molecule has 3 N–H and O–H groups in total. The number of β-amino-alcohol motifs (C(OH)–C–C–N with tert-alkyl or cyclic N) is 1. The molecule has 6 heteroatoms. The molecule has 0 aliphatic carbocycles. The number of hydrogen-bond donors (Lipinski definition) is 2. The summed E-state index contributed by atoms with van der Waals surface area (Å²) in [6.45, 7) is 0.543. The molecule has 1 unspecified atom stereocenters. The number of methoxy groups -OCH3 is 1. The number of carbonyl (C=O) groups excluding carboxylic acids is 1. The van der Waals surface area contributed by atoms with E-state index in [-0.39, 0.29) is 31.7 Å². The number of benzene rings is 1. The monoisotopic (exact) mass is 266 g/mol. The first-order chi connectivity index (χ1) is 9.17. The molecule has 0 aromatic heterocycles. The zero-order valence-electron chi connectivity index (χ0n) is 10.8. The average molecular weight is 266 g/mol. The Bertz CT molecular complexity index is 464. The second kappa shape index (κ2) is 6.01. The summed E-state index contributed by atoms with van der Waals surface area (Å²) < 4.78 is 10.4. The molecule has 1 amide bonds. The number of aliphatic hydroxyl groups is 1. The van der Waals surface area contributed by atoms with Gasteiger partial charge in [-0.05, 0) is 17.7 Å². The fourth-order valence-corrected chi connectivity index (χ4v) is 2.07. The van der Waals surface area contributed by atoms with Gasteiger partial charge in [0.15, 0.2) is 6.61 Å². The Kier molecular flexibility index (Phi) is 4.36. The van der Waals surface area contributed by atoms with Gasteiger partial charge in [-0.25, -0.2) is 0 Å². The number of carbonyl (C=O) groups is 1. The molecule has 1 aliphatic heterocycles. The van der Waals surface area contributed by atoms with Crippen LogP contribution in [0, 0.1) is 0 Å². The highest BCUT2D eigenvalue weighted by Gasteiger charge is 2.25. The van der Waals surface area contributed by atoms with Gasteiger partial charge in [0.1, 0.15) is 5.75 Å². The Labute approximate surface area is 111 Å². The van der Waals surface area contributed by atoms with Crippen molar-refractivity contribution in [2.45, 2.75) is 6.04 Å².